The van der Waals surface area contributed by atoms with E-state index in [2.05, 4.69) is 48.3 Å². The second-order valence-electron chi connectivity index (χ2n) is 9.59. The Hall–Kier alpha value is -2.08. The Bertz CT molecular complexity index is 929. The van der Waals surface area contributed by atoms with Crippen LogP contribution >= 0.6 is 11.6 Å². The third-order valence-electron chi connectivity index (χ3n) is 7.68. The summed E-state index contributed by atoms with van der Waals surface area (Å²) >= 11 is 5.97. The number of carbonyl (C=O) groups is 1. The Kier molecular flexibility index (Phi) is 7.62. The summed E-state index contributed by atoms with van der Waals surface area (Å²) in [7, 11) is 0. The number of nitrogens with one attached hydrogen (secondary N) is 2. The van der Waals surface area contributed by atoms with E-state index in [1.165, 1.54) is 16.2 Å². The molecule has 0 radical (unpaired) electrons. The molecule has 2 aromatic rings. The van der Waals surface area contributed by atoms with E-state index < -0.39 is 5.60 Å². The van der Waals surface area contributed by atoms with Crippen molar-refractivity contribution in [3.63, 3.8) is 0 Å². The molecule has 3 N–H and O–H groups in total. The average Bonchev–Trinajstić information content (AvgIpc) is 2.82. The van der Waals surface area contributed by atoms with Gasteiger partial charge in [0.2, 0.25) is 0 Å². The summed E-state index contributed by atoms with van der Waals surface area (Å²) in [5.41, 5.74) is 2.59. The lowest BCUT2D eigenvalue weighted by Crippen LogP contribution is -3.16. The quantitative estimate of drug-likeness (QED) is 0.571. The van der Waals surface area contributed by atoms with Gasteiger partial charge in [-0.2, -0.15) is 0 Å². The Morgan fingerprint density at radius 3 is 2.45 bits per heavy atom. The summed E-state index contributed by atoms with van der Waals surface area (Å²) in [6.45, 7) is 7.48. The van der Waals surface area contributed by atoms with Gasteiger partial charge in [-0.15, -0.1) is 0 Å². The van der Waals surface area contributed by atoms with Gasteiger partial charge in [0.05, 0.1) is 12.1 Å². The summed E-state index contributed by atoms with van der Waals surface area (Å²) < 4.78 is 0. The van der Waals surface area contributed by atoms with E-state index in [-0.39, 0.29) is 17.9 Å². The molecule has 1 aliphatic heterocycles. The minimum Gasteiger partial charge on any atom is -0.389 e. The maximum Gasteiger partial charge on any atom is 0.279 e. The first-order valence-electron chi connectivity index (χ1n) is 12.4. The maximum absolute atomic E-state index is 13.0. The van der Waals surface area contributed by atoms with Crippen LogP contribution in [0, 0.1) is 5.92 Å². The van der Waals surface area contributed by atoms with Crippen molar-refractivity contribution in [1.29, 1.82) is 0 Å². The van der Waals surface area contributed by atoms with Crippen LogP contribution in [-0.2, 0) is 4.79 Å². The molecule has 2 aromatic carbocycles. The number of anilines is 2. The first-order chi connectivity index (χ1) is 15.9. The second-order valence-corrected chi connectivity index (χ2v) is 10.0. The van der Waals surface area contributed by atoms with E-state index in [4.69, 9.17) is 11.6 Å². The molecule has 1 aliphatic carbocycles. The van der Waals surface area contributed by atoms with Gasteiger partial charge in [0.1, 0.15) is 6.04 Å². The summed E-state index contributed by atoms with van der Waals surface area (Å²) in [5.74, 6) is 0.177. The van der Waals surface area contributed by atoms with Gasteiger partial charge < -0.3 is 20.2 Å². The van der Waals surface area contributed by atoms with E-state index in [1.54, 1.807) is 12.1 Å². The van der Waals surface area contributed by atoms with Crippen LogP contribution < -0.4 is 15.1 Å². The molecule has 33 heavy (non-hydrogen) atoms. The highest BCUT2D eigenvalue weighted by molar-refractivity contribution is 6.30. The number of amides is 1. The number of hydrogen-bond donors (Lipinski definition) is 3. The molecule has 1 saturated carbocycles. The largest absolute Gasteiger partial charge is 0.389 e. The SMILES string of the molecule is CCN(CC)c1ccc([C@@H]2[C@H]3CCCC[C@@]3(O)CC[NH+]2CC(=O)Nc2ccc(Cl)cc2)cc1. The normalized spacial score (nSPS) is 27.0. The predicted molar refractivity (Wildman–Crippen MR) is 135 cm³/mol. The smallest absolute Gasteiger partial charge is 0.279 e. The number of piperidine rings is 1. The van der Waals surface area contributed by atoms with Crippen LogP contribution in [0.3, 0.4) is 0 Å². The topological polar surface area (TPSA) is 57.0 Å². The first kappa shape index (κ1) is 24.1. The van der Waals surface area contributed by atoms with E-state index in [1.807, 2.05) is 12.1 Å². The molecule has 4 atom stereocenters. The van der Waals surface area contributed by atoms with Gasteiger partial charge in [-0.3, -0.25) is 4.79 Å². The molecular weight excluding hydrogens is 434 g/mol. The molecule has 4 rings (SSSR count). The number of aliphatic hydroxyl groups is 1. The van der Waals surface area contributed by atoms with Crippen molar-refractivity contribution in [1.82, 2.24) is 0 Å². The van der Waals surface area contributed by atoms with Gasteiger partial charge in [0, 0.05) is 47.4 Å². The molecule has 1 unspecified atom stereocenters. The Labute approximate surface area is 202 Å². The third-order valence-corrected chi connectivity index (χ3v) is 7.93. The van der Waals surface area contributed by atoms with Crippen LogP contribution in [-0.4, -0.2) is 42.8 Å². The van der Waals surface area contributed by atoms with Crippen molar-refractivity contribution in [3.8, 4) is 0 Å². The van der Waals surface area contributed by atoms with E-state index in [9.17, 15) is 9.90 Å². The zero-order valence-corrected chi connectivity index (χ0v) is 20.6. The third kappa shape index (κ3) is 5.37. The Morgan fingerprint density at radius 1 is 1.09 bits per heavy atom. The molecule has 0 spiro atoms. The summed E-state index contributed by atoms with van der Waals surface area (Å²) in [5, 5.41) is 15.2. The molecule has 2 fully saturated rings. The van der Waals surface area contributed by atoms with Gasteiger partial charge in [-0.1, -0.05) is 36.6 Å². The van der Waals surface area contributed by atoms with E-state index in [0.29, 0.717) is 11.6 Å². The van der Waals surface area contributed by atoms with Crippen molar-refractivity contribution >= 4 is 28.9 Å². The molecule has 0 aromatic heterocycles. The fourth-order valence-electron chi connectivity index (χ4n) is 5.95. The maximum atomic E-state index is 13.0. The fourth-order valence-corrected chi connectivity index (χ4v) is 6.07. The van der Waals surface area contributed by atoms with Gasteiger partial charge in [-0.25, -0.2) is 0 Å². The first-order valence-corrected chi connectivity index (χ1v) is 12.8. The number of nitrogens with zero attached hydrogens (tertiary/aromatic N) is 1. The lowest BCUT2D eigenvalue weighted by Gasteiger charge is -2.50. The van der Waals surface area contributed by atoms with Crippen LogP contribution in [0.2, 0.25) is 5.02 Å². The summed E-state index contributed by atoms with van der Waals surface area (Å²) in [4.78, 5) is 16.6. The van der Waals surface area contributed by atoms with Gasteiger partial charge in [-0.05, 0) is 63.1 Å². The van der Waals surface area contributed by atoms with Crippen LogP contribution in [0.5, 0.6) is 0 Å². The number of halogens is 1. The molecule has 6 heteroatoms. The van der Waals surface area contributed by atoms with E-state index >= 15 is 0 Å². The standard InChI is InChI=1S/C27H36ClN3O2/c1-3-30(4-2)23-14-8-20(9-15-23)26-24-7-5-6-16-27(24,33)17-18-31(26)19-25(32)29-22-12-10-21(28)11-13-22/h8-15,24,26,33H,3-7,16-19H2,1-2H3,(H,29,32)/p+1/t24-,26-,27-/m1/s1. The molecule has 0 bridgehead atoms. The molecule has 1 amide bonds. The number of fused-ring (bicyclic) bond motifs is 1. The minimum absolute atomic E-state index is 0.00154. The van der Waals surface area contributed by atoms with Gasteiger partial charge in [0.25, 0.3) is 5.91 Å². The van der Waals surface area contributed by atoms with Crippen LogP contribution in [0.25, 0.3) is 0 Å². The zero-order valence-electron chi connectivity index (χ0n) is 19.8. The number of carbonyl (C=O) groups excluding carboxylic acids is 1. The van der Waals surface area contributed by atoms with Crippen molar-refractivity contribution in [2.24, 2.45) is 5.92 Å². The molecule has 1 saturated heterocycles. The predicted octanol–water partition coefficient (Wildman–Crippen LogP) is 4.08. The lowest BCUT2D eigenvalue weighted by molar-refractivity contribution is -0.937. The average molecular weight is 471 g/mol. The molecule has 178 valence electrons. The number of hydrogen-bond acceptors (Lipinski definition) is 3. The minimum atomic E-state index is -0.614. The highest BCUT2D eigenvalue weighted by Crippen LogP contribution is 2.44. The molecular formula is C27H37ClN3O2+. The lowest BCUT2D eigenvalue weighted by atomic mass is 9.66. The van der Waals surface area contributed by atoms with Gasteiger partial charge >= 0.3 is 0 Å². The zero-order chi connectivity index (χ0) is 23.4. The van der Waals surface area contributed by atoms with Crippen molar-refractivity contribution in [2.45, 2.75) is 57.6 Å². The van der Waals surface area contributed by atoms with Gasteiger partial charge in [0.15, 0.2) is 6.54 Å². The summed E-state index contributed by atoms with van der Waals surface area (Å²) in [6, 6.07) is 16.2. The van der Waals surface area contributed by atoms with Crippen molar-refractivity contribution in [3.05, 3.63) is 59.1 Å². The number of rotatable bonds is 7. The molecule has 5 nitrogen and oxygen atoms in total. The second kappa shape index (κ2) is 10.5. The highest BCUT2D eigenvalue weighted by Gasteiger charge is 2.51. The Morgan fingerprint density at radius 2 is 1.79 bits per heavy atom. The van der Waals surface area contributed by atoms with E-state index in [0.717, 1.165) is 57.4 Å². The highest BCUT2D eigenvalue weighted by atomic mass is 35.5. The van der Waals surface area contributed by atoms with Crippen LogP contribution in [0.1, 0.15) is 57.6 Å². The number of benzene rings is 2. The van der Waals surface area contributed by atoms with Crippen molar-refractivity contribution < 1.29 is 14.8 Å². The molecule has 2 aliphatic rings. The summed E-state index contributed by atoms with van der Waals surface area (Å²) in [6.07, 6.45) is 4.88. The number of quaternary nitrogens is 1. The van der Waals surface area contributed by atoms with Crippen molar-refractivity contribution in [2.75, 3.05) is 36.4 Å². The number of likely N-dealkylation sites (tertiary alicyclic amines) is 1. The fraction of sp³-hybridized carbons (Fsp3) is 0.519. The Balaban J connectivity index is 1.57. The van der Waals surface area contributed by atoms with Crippen LogP contribution in [0.15, 0.2) is 48.5 Å². The van der Waals surface area contributed by atoms with Crippen LogP contribution in [0.4, 0.5) is 11.4 Å². The molecule has 1 heterocycles. The monoisotopic (exact) mass is 470 g/mol.